The van der Waals surface area contributed by atoms with Gasteiger partial charge in [0.05, 0.1) is 11.0 Å². The van der Waals surface area contributed by atoms with Crippen LogP contribution in [0.1, 0.15) is 49.9 Å². The van der Waals surface area contributed by atoms with Crippen LogP contribution in [0, 0.1) is 0 Å². The van der Waals surface area contributed by atoms with Crippen molar-refractivity contribution in [3.63, 3.8) is 0 Å². The van der Waals surface area contributed by atoms with Crippen LogP contribution in [0.5, 0.6) is 0 Å². The van der Waals surface area contributed by atoms with Crippen molar-refractivity contribution in [3.05, 3.63) is 168 Å². The van der Waals surface area contributed by atoms with Crippen LogP contribution in [0.15, 0.2) is 146 Å². The Morgan fingerprint density at radius 3 is 1.21 bits per heavy atom. The molecule has 0 spiro atoms. The molecular formula is C40H36N2. The molecule has 0 amide bonds. The minimum atomic E-state index is -0.205. The first-order chi connectivity index (χ1) is 20.4. The Hall–Kier alpha value is -4.82. The number of rotatable bonds is 6. The van der Waals surface area contributed by atoms with Gasteiger partial charge in [0.2, 0.25) is 0 Å². The minimum Gasteiger partial charge on any atom is -0.316 e. The van der Waals surface area contributed by atoms with E-state index in [0.29, 0.717) is 0 Å². The van der Waals surface area contributed by atoms with Gasteiger partial charge in [-0.2, -0.15) is 0 Å². The molecule has 2 heteroatoms. The Morgan fingerprint density at radius 2 is 0.786 bits per heavy atom. The fourth-order valence-electron chi connectivity index (χ4n) is 6.57. The van der Waals surface area contributed by atoms with E-state index < -0.39 is 0 Å². The topological polar surface area (TPSA) is 9.86 Å². The highest BCUT2D eigenvalue weighted by atomic mass is 15.0. The number of aromatic nitrogens is 2. The summed E-state index contributed by atoms with van der Waals surface area (Å²) in [6, 6.07) is 48.1. The van der Waals surface area contributed by atoms with Gasteiger partial charge in [-0.3, -0.25) is 0 Å². The molecule has 0 saturated heterocycles. The third-order valence-corrected chi connectivity index (χ3v) is 9.15. The van der Waals surface area contributed by atoms with E-state index in [1.165, 1.54) is 55.4 Å². The van der Waals surface area contributed by atoms with Gasteiger partial charge in [0.25, 0.3) is 0 Å². The Balaban J connectivity index is 1.35. The highest BCUT2D eigenvalue weighted by molar-refractivity contribution is 5.88. The third-order valence-electron chi connectivity index (χ3n) is 9.15. The molecule has 7 aromatic rings. The van der Waals surface area contributed by atoms with E-state index >= 15 is 0 Å². The zero-order valence-corrected chi connectivity index (χ0v) is 24.8. The van der Waals surface area contributed by atoms with Gasteiger partial charge in [-0.15, -0.1) is 0 Å². The van der Waals surface area contributed by atoms with Gasteiger partial charge in [-0.05, 0) is 58.7 Å². The summed E-state index contributed by atoms with van der Waals surface area (Å²) < 4.78 is 4.66. The number of fused-ring (bicyclic) bond motifs is 2. The zero-order valence-electron chi connectivity index (χ0n) is 24.8. The summed E-state index contributed by atoms with van der Waals surface area (Å²) in [7, 11) is 0. The van der Waals surface area contributed by atoms with Crippen LogP contribution < -0.4 is 0 Å². The first-order valence-electron chi connectivity index (χ1n) is 14.8. The molecule has 5 aromatic carbocycles. The molecule has 0 aliphatic rings. The number of para-hydroxylation sites is 4. The van der Waals surface area contributed by atoms with Crippen LogP contribution in [0.4, 0.5) is 0 Å². The normalized spacial score (nSPS) is 12.3. The van der Waals surface area contributed by atoms with Gasteiger partial charge in [-0.25, -0.2) is 0 Å². The maximum atomic E-state index is 2.43. The fraction of sp³-hybridized carbons (Fsp3) is 0.150. The second kappa shape index (κ2) is 9.92. The van der Waals surface area contributed by atoms with Crippen molar-refractivity contribution < 1.29 is 0 Å². The van der Waals surface area contributed by atoms with Crippen LogP contribution in [0.2, 0.25) is 0 Å². The Morgan fingerprint density at radius 1 is 0.405 bits per heavy atom. The molecule has 0 saturated carbocycles. The average Bonchev–Trinajstić information content (AvgIpc) is 3.63. The summed E-state index contributed by atoms with van der Waals surface area (Å²) in [6.45, 7) is 9.43. The molecule has 206 valence electrons. The summed E-state index contributed by atoms with van der Waals surface area (Å²) >= 11 is 0. The third kappa shape index (κ3) is 4.18. The lowest BCUT2D eigenvalue weighted by atomic mass is 9.73. The lowest BCUT2D eigenvalue weighted by molar-refractivity contribution is 0.622. The lowest BCUT2D eigenvalue weighted by Crippen LogP contribution is -2.22. The molecule has 2 aromatic heterocycles. The van der Waals surface area contributed by atoms with E-state index in [9.17, 15) is 0 Å². The summed E-state index contributed by atoms with van der Waals surface area (Å²) in [5, 5.41) is 2.59. The van der Waals surface area contributed by atoms with Crippen molar-refractivity contribution in [2.45, 2.75) is 38.5 Å². The first kappa shape index (κ1) is 26.1. The smallest absolute Gasteiger partial charge is 0.0531 e. The molecule has 0 unspecified atom stereocenters. The van der Waals surface area contributed by atoms with Crippen molar-refractivity contribution in [3.8, 4) is 11.4 Å². The molecule has 0 bridgehead atoms. The van der Waals surface area contributed by atoms with Gasteiger partial charge in [0.15, 0.2) is 0 Å². The van der Waals surface area contributed by atoms with Crippen molar-refractivity contribution >= 4 is 21.8 Å². The van der Waals surface area contributed by atoms with Gasteiger partial charge in [0, 0.05) is 45.4 Å². The standard InChI is InChI=1S/C40H36N2/c1-39(2,35-27-41(31-18-7-5-8-19-31)37-24-13-11-22-33(35)37)29-16-15-17-30(26-29)40(3,4)36-28-42(32-20-9-6-10-21-32)38-25-14-12-23-34(36)38/h5-28H,1-4H3. The highest BCUT2D eigenvalue weighted by Gasteiger charge is 2.32. The van der Waals surface area contributed by atoms with E-state index in [1.807, 2.05) is 0 Å². The molecule has 2 heterocycles. The predicted octanol–water partition coefficient (Wildman–Crippen LogP) is 10.2. The monoisotopic (exact) mass is 544 g/mol. The van der Waals surface area contributed by atoms with Crippen molar-refractivity contribution in [2.75, 3.05) is 0 Å². The Bertz CT molecular complexity index is 1880. The van der Waals surface area contributed by atoms with Gasteiger partial charge in [0.1, 0.15) is 0 Å². The van der Waals surface area contributed by atoms with Crippen molar-refractivity contribution in [1.29, 1.82) is 0 Å². The molecule has 2 nitrogen and oxygen atoms in total. The van der Waals surface area contributed by atoms with Crippen LogP contribution in [0.3, 0.4) is 0 Å². The number of benzene rings is 5. The minimum absolute atomic E-state index is 0.205. The molecule has 0 aliphatic heterocycles. The second-order valence-corrected chi connectivity index (χ2v) is 12.4. The van der Waals surface area contributed by atoms with Crippen LogP contribution in [-0.4, -0.2) is 9.13 Å². The molecule has 0 radical (unpaired) electrons. The SMILES string of the molecule is CC(C)(c1cccc(C(C)(C)c2cn(-c3ccccc3)c3ccccc23)c1)c1cn(-c2ccccc2)c2ccccc12. The number of nitrogens with zero attached hydrogens (tertiary/aromatic N) is 2. The molecule has 0 fully saturated rings. The van der Waals surface area contributed by atoms with Crippen molar-refractivity contribution in [2.24, 2.45) is 0 Å². The van der Waals surface area contributed by atoms with Crippen LogP contribution >= 0.6 is 0 Å². The maximum Gasteiger partial charge on any atom is 0.0531 e. The quantitative estimate of drug-likeness (QED) is 0.197. The first-order valence-corrected chi connectivity index (χ1v) is 14.8. The van der Waals surface area contributed by atoms with E-state index in [0.717, 1.165) is 0 Å². The van der Waals surface area contributed by atoms with Gasteiger partial charge >= 0.3 is 0 Å². The zero-order chi connectivity index (χ0) is 28.9. The van der Waals surface area contributed by atoms with Crippen molar-refractivity contribution in [1.82, 2.24) is 9.13 Å². The van der Waals surface area contributed by atoms with Gasteiger partial charge < -0.3 is 9.13 Å². The Labute approximate surface area is 248 Å². The molecule has 7 rings (SSSR count). The van der Waals surface area contributed by atoms with Crippen LogP contribution in [-0.2, 0) is 10.8 Å². The summed E-state index contributed by atoms with van der Waals surface area (Å²) in [6.07, 6.45) is 4.68. The fourth-order valence-corrected chi connectivity index (χ4v) is 6.57. The maximum absolute atomic E-state index is 2.43. The summed E-state index contributed by atoms with van der Waals surface area (Å²) in [5.74, 6) is 0. The molecular weight excluding hydrogens is 508 g/mol. The van der Waals surface area contributed by atoms with Gasteiger partial charge in [-0.1, -0.05) is 125 Å². The van der Waals surface area contributed by atoms with Crippen LogP contribution in [0.25, 0.3) is 33.2 Å². The largest absolute Gasteiger partial charge is 0.316 e. The highest BCUT2D eigenvalue weighted by Crippen LogP contribution is 2.42. The second-order valence-electron chi connectivity index (χ2n) is 12.4. The van der Waals surface area contributed by atoms with E-state index in [4.69, 9.17) is 0 Å². The molecule has 42 heavy (non-hydrogen) atoms. The van der Waals surface area contributed by atoms with E-state index in [-0.39, 0.29) is 10.8 Å². The summed E-state index contributed by atoms with van der Waals surface area (Å²) in [4.78, 5) is 0. The summed E-state index contributed by atoms with van der Waals surface area (Å²) in [5.41, 5.74) is 9.71. The molecule has 0 N–H and O–H groups in total. The molecule has 0 atom stereocenters. The van der Waals surface area contributed by atoms with E-state index in [1.54, 1.807) is 0 Å². The average molecular weight is 545 g/mol. The Kier molecular flexibility index (Phi) is 6.17. The number of hydrogen-bond acceptors (Lipinski definition) is 0. The number of hydrogen-bond donors (Lipinski definition) is 0. The predicted molar refractivity (Wildman–Crippen MR) is 177 cm³/mol. The van der Waals surface area contributed by atoms with E-state index in [2.05, 4.69) is 183 Å². The molecule has 0 aliphatic carbocycles. The lowest BCUT2D eigenvalue weighted by Gasteiger charge is -2.30.